The van der Waals surface area contributed by atoms with Crippen LogP contribution >= 0.6 is 94.1 Å². The molecular formula is C28H30N2O2S8. The fourth-order valence-electron chi connectivity index (χ4n) is 5.56. The predicted octanol–water partition coefficient (Wildman–Crippen LogP) is 10.3. The summed E-state index contributed by atoms with van der Waals surface area (Å²) in [6.07, 6.45) is 11.1. The molecule has 0 aromatic carbocycles. The molecule has 1 unspecified atom stereocenters. The molecule has 0 amide bonds. The van der Waals surface area contributed by atoms with Crippen LogP contribution in [-0.4, -0.2) is 9.13 Å². The summed E-state index contributed by atoms with van der Waals surface area (Å²) in [7, 11) is 1.64. The van der Waals surface area contributed by atoms with Gasteiger partial charge in [-0.3, -0.25) is 13.9 Å². The third-order valence-electron chi connectivity index (χ3n) is 7.88. The van der Waals surface area contributed by atoms with Gasteiger partial charge in [0.2, 0.25) is 0 Å². The van der Waals surface area contributed by atoms with E-state index in [0.29, 0.717) is 17.4 Å². The van der Waals surface area contributed by atoms with Crippen molar-refractivity contribution in [3.63, 3.8) is 0 Å². The van der Waals surface area contributed by atoms with E-state index in [9.17, 15) is 9.59 Å². The Morgan fingerprint density at radius 2 is 1.25 bits per heavy atom. The molecule has 12 heteroatoms. The summed E-state index contributed by atoms with van der Waals surface area (Å²) in [5.74, 6) is 0.304. The first-order valence-electron chi connectivity index (χ1n) is 13.7. The summed E-state index contributed by atoms with van der Waals surface area (Å²) in [5, 5.41) is 0.847. The van der Waals surface area contributed by atoms with Crippen molar-refractivity contribution in [2.24, 2.45) is 13.0 Å². The number of fused-ring (bicyclic) bond motifs is 1. The molecule has 6 aliphatic rings. The van der Waals surface area contributed by atoms with E-state index >= 15 is 0 Å². The van der Waals surface area contributed by atoms with Gasteiger partial charge in [0.1, 0.15) is 9.92 Å². The van der Waals surface area contributed by atoms with Gasteiger partial charge in [0, 0.05) is 39.1 Å². The average Bonchev–Trinajstić information content (AvgIpc) is 3.68. The van der Waals surface area contributed by atoms with Crippen LogP contribution in [0.4, 0.5) is 0 Å². The minimum Gasteiger partial charge on any atom is -0.286 e. The van der Waals surface area contributed by atoms with Gasteiger partial charge >= 0.3 is 5.69 Å². The molecule has 0 bridgehead atoms. The van der Waals surface area contributed by atoms with Gasteiger partial charge < -0.3 is 0 Å². The van der Waals surface area contributed by atoms with Gasteiger partial charge in [-0.2, -0.15) is 0 Å². The highest BCUT2D eigenvalue weighted by Gasteiger charge is 2.36. The molecule has 1 aromatic rings. The maximum Gasteiger partial charge on any atom is 0.331 e. The maximum absolute atomic E-state index is 13.6. The quantitative estimate of drug-likeness (QED) is 0.282. The maximum atomic E-state index is 13.6. The molecule has 5 heterocycles. The van der Waals surface area contributed by atoms with Crippen molar-refractivity contribution in [3.05, 3.63) is 67.2 Å². The Labute approximate surface area is 269 Å². The van der Waals surface area contributed by atoms with E-state index in [1.165, 1.54) is 81.8 Å². The molecule has 0 N–H and O–H groups in total. The second kappa shape index (κ2) is 11.9. The Hall–Kier alpha value is 0.180. The number of hydrogen-bond acceptors (Lipinski definition) is 10. The van der Waals surface area contributed by atoms with Crippen LogP contribution < -0.4 is 11.2 Å². The zero-order valence-corrected chi connectivity index (χ0v) is 29.2. The molecule has 40 heavy (non-hydrogen) atoms. The van der Waals surface area contributed by atoms with Crippen LogP contribution in [0.5, 0.6) is 0 Å². The van der Waals surface area contributed by atoms with Crippen LogP contribution in [0.3, 0.4) is 0 Å². The van der Waals surface area contributed by atoms with Crippen LogP contribution in [0.2, 0.25) is 0 Å². The van der Waals surface area contributed by atoms with Crippen molar-refractivity contribution in [3.8, 4) is 0 Å². The molecule has 2 aliphatic carbocycles. The first-order chi connectivity index (χ1) is 19.4. The summed E-state index contributed by atoms with van der Waals surface area (Å²) < 4.78 is 8.58. The largest absolute Gasteiger partial charge is 0.331 e. The van der Waals surface area contributed by atoms with Crippen LogP contribution in [0.15, 0.2) is 65.9 Å². The Morgan fingerprint density at radius 1 is 0.675 bits per heavy atom. The fourth-order valence-corrected chi connectivity index (χ4v) is 17.3. The van der Waals surface area contributed by atoms with Crippen molar-refractivity contribution < 1.29 is 0 Å². The first-order valence-corrected chi connectivity index (χ1v) is 20.3. The number of allylic oxidation sites excluding steroid dienone is 6. The van der Waals surface area contributed by atoms with Gasteiger partial charge in [0.05, 0.1) is 16.9 Å². The lowest BCUT2D eigenvalue weighted by molar-refractivity contribution is 0.424. The van der Waals surface area contributed by atoms with E-state index in [2.05, 4.69) is 13.8 Å². The van der Waals surface area contributed by atoms with E-state index in [1.54, 1.807) is 63.9 Å². The molecule has 1 atom stereocenters. The highest BCUT2D eigenvalue weighted by Crippen LogP contribution is 2.64. The van der Waals surface area contributed by atoms with Crippen molar-refractivity contribution in [2.45, 2.75) is 88.1 Å². The van der Waals surface area contributed by atoms with Gasteiger partial charge in [-0.1, -0.05) is 107 Å². The molecular weight excluding hydrogens is 653 g/mol. The van der Waals surface area contributed by atoms with Crippen LogP contribution in [0, 0.1) is 5.92 Å². The van der Waals surface area contributed by atoms with Gasteiger partial charge in [-0.25, -0.2) is 4.79 Å². The van der Waals surface area contributed by atoms with Gasteiger partial charge in [0.15, 0.2) is 0 Å². The smallest absolute Gasteiger partial charge is 0.286 e. The summed E-state index contributed by atoms with van der Waals surface area (Å²) in [6.45, 7) is 4.95. The highest BCUT2D eigenvalue weighted by molar-refractivity contribution is 8.34. The minimum absolute atomic E-state index is 0.167. The normalized spacial score (nSPS) is 25.2. The van der Waals surface area contributed by atoms with Crippen molar-refractivity contribution in [1.82, 2.24) is 9.13 Å². The summed E-state index contributed by atoms with van der Waals surface area (Å²) in [4.78, 5) is 36.4. The van der Waals surface area contributed by atoms with Gasteiger partial charge in [0.25, 0.3) is 5.56 Å². The number of aromatic nitrogens is 2. The minimum atomic E-state index is -0.184. The Bertz CT molecular complexity index is 1560. The Balaban J connectivity index is 1.18. The number of rotatable bonds is 2. The number of hydrogen-bond donors (Lipinski definition) is 0. The molecule has 0 radical (unpaired) electrons. The third kappa shape index (κ3) is 5.37. The van der Waals surface area contributed by atoms with Crippen molar-refractivity contribution in [2.75, 3.05) is 0 Å². The van der Waals surface area contributed by atoms with Gasteiger partial charge in [-0.05, 0) is 68.6 Å². The topological polar surface area (TPSA) is 44.0 Å². The van der Waals surface area contributed by atoms with E-state index in [-0.39, 0.29) is 11.2 Å². The van der Waals surface area contributed by atoms with E-state index in [0.717, 1.165) is 22.1 Å². The fraction of sp³-hybridized carbons (Fsp3) is 0.500. The lowest BCUT2D eigenvalue weighted by atomic mass is 10.0. The van der Waals surface area contributed by atoms with Crippen molar-refractivity contribution in [1.29, 1.82) is 0 Å². The molecule has 0 saturated carbocycles. The Kier molecular flexibility index (Phi) is 8.63. The molecule has 1 aromatic heterocycles. The molecule has 7 rings (SSSR count). The molecule has 4 nitrogen and oxygen atoms in total. The highest BCUT2D eigenvalue weighted by atomic mass is 32.2. The lowest BCUT2D eigenvalue weighted by Gasteiger charge is -2.20. The van der Waals surface area contributed by atoms with Crippen LogP contribution in [0.1, 0.15) is 71.6 Å². The SMILES string of the molecule is CC1=C(C)SC(=C2Sc3c(n(CC4CCCCC5=C4SC(=C4SC6=C(CCCCC6)S4)S5)c(=O)n(C)c3=O)S2)S1. The summed E-state index contributed by atoms with van der Waals surface area (Å²) in [5.41, 5.74) is -0.351. The monoisotopic (exact) mass is 682 g/mol. The molecule has 0 spiro atoms. The second-order valence-corrected chi connectivity index (χ2v) is 20.5. The second-order valence-electron chi connectivity index (χ2n) is 10.6. The average molecular weight is 683 g/mol. The zero-order valence-electron chi connectivity index (χ0n) is 22.6. The zero-order chi connectivity index (χ0) is 27.5. The summed E-state index contributed by atoms with van der Waals surface area (Å²) >= 11 is 14.8. The number of nitrogens with zero attached hydrogens (tertiary/aromatic N) is 2. The standard InChI is InChI=1S/C28H30N2O2S8/c1-14-15(2)34-24(33-14)27-39-21-22(31)29(3)28(32)30(23(21)40-27)13-16-9-7-8-12-19-20(16)38-26(37-19)25-35-17-10-5-4-6-11-18(17)36-25/h16H,4-13H2,1-3H3. The first kappa shape index (κ1) is 28.9. The molecule has 4 aliphatic heterocycles. The van der Waals surface area contributed by atoms with E-state index in [4.69, 9.17) is 0 Å². The van der Waals surface area contributed by atoms with Crippen LogP contribution in [0.25, 0.3) is 0 Å². The van der Waals surface area contributed by atoms with Gasteiger partial charge in [-0.15, -0.1) is 0 Å². The number of thioether (sulfide) groups is 8. The van der Waals surface area contributed by atoms with Crippen LogP contribution in [-0.2, 0) is 13.6 Å². The van der Waals surface area contributed by atoms with E-state index < -0.39 is 0 Å². The lowest BCUT2D eigenvalue weighted by Crippen LogP contribution is -2.40. The van der Waals surface area contributed by atoms with Crippen molar-refractivity contribution >= 4 is 94.1 Å². The van der Waals surface area contributed by atoms with E-state index in [1.807, 2.05) is 51.6 Å². The Morgan fingerprint density at radius 3 is 1.98 bits per heavy atom. The molecule has 0 fully saturated rings. The summed E-state index contributed by atoms with van der Waals surface area (Å²) in [6, 6.07) is 0. The third-order valence-corrected chi connectivity index (χ3v) is 19.8. The predicted molar refractivity (Wildman–Crippen MR) is 185 cm³/mol. The molecule has 212 valence electrons. The molecule has 0 saturated heterocycles.